The third-order valence-electron chi connectivity index (χ3n) is 4.77. The second-order valence-electron chi connectivity index (χ2n) is 7.40. The molecule has 0 aromatic heterocycles. The Bertz CT molecular complexity index is 544. The minimum Gasteiger partial charge on any atom is -0.340 e. The van der Waals surface area contributed by atoms with Crippen LogP contribution >= 0.6 is 0 Å². The van der Waals surface area contributed by atoms with Crippen molar-refractivity contribution in [3.63, 3.8) is 0 Å². The van der Waals surface area contributed by atoms with Crippen molar-refractivity contribution in [3.05, 3.63) is 35.4 Å². The van der Waals surface area contributed by atoms with Crippen LogP contribution in [0.25, 0.3) is 0 Å². The van der Waals surface area contributed by atoms with Gasteiger partial charge >= 0.3 is 0 Å². The Labute approximate surface area is 146 Å². The monoisotopic (exact) mass is 332 g/mol. The largest absolute Gasteiger partial charge is 0.340 e. The first-order chi connectivity index (χ1) is 11.4. The molecule has 0 radical (unpaired) electrons. The van der Waals surface area contributed by atoms with Crippen LogP contribution in [0.1, 0.15) is 17.5 Å². The molecule has 1 aromatic rings. The number of hydrogen-bond donors (Lipinski definition) is 0. The van der Waals surface area contributed by atoms with Crippen LogP contribution in [0.5, 0.6) is 0 Å². The van der Waals surface area contributed by atoms with E-state index in [4.69, 9.17) is 0 Å². The molecule has 0 spiro atoms. The number of carbonyl (C=O) groups is 1. The van der Waals surface area contributed by atoms with Crippen molar-refractivity contribution in [1.82, 2.24) is 19.6 Å². The van der Waals surface area contributed by atoms with Crippen LogP contribution in [0.4, 0.5) is 0 Å². The van der Waals surface area contributed by atoms with Gasteiger partial charge in [-0.3, -0.25) is 9.69 Å². The topological polar surface area (TPSA) is 30.0 Å². The van der Waals surface area contributed by atoms with Crippen LogP contribution in [0.2, 0.25) is 0 Å². The molecule has 5 heteroatoms. The zero-order valence-corrected chi connectivity index (χ0v) is 15.8. The molecule has 2 rings (SSSR count). The van der Waals surface area contributed by atoms with Gasteiger partial charge in [-0.1, -0.05) is 24.3 Å². The van der Waals surface area contributed by atoms with E-state index in [-0.39, 0.29) is 5.91 Å². The van der Waals surface area contributed by atoms with Crippen molar-refractivity contribution < 1.29 is 4.79 Å². The van der Waals surface area contributed by atoms with Crippen LogP contribution in [0, 0.1) is 0 Å². The van der Waals surface area contributed by atoms with Gasteiger partial charge in [0, 0.05) is 39.3 Å². The summed E-state index contributed by atoms with van der Waals surface area (Å²) in [5.74, 6) is 0.203. The fourth-order valence-corrected chi connectivity index (χ4v) is 3.24. The highest BCUT2D eigenvalue weighted by atomic mass is 16.2. The summed E-state index contributed by atoms with van der Waals surface area (Å²) in [6.45, 7) is 4.10. The maximum absolute atomic E-state index is 12.6. The van der Waals surface area contributed by atoms with Gasteiger partial charge < -0.3 is 14.7 Å². The number of rotatable bonds is 7. The molecule has 1 aliphatic rings. The highest BCUT2D eigenvalue weighted by Gasteiger charge is 2.26. The van der Waals surface area contributed by atoms with E-state index in [0.29, 0.717) is 19.1 Å². The van der Waals surface area contributed by atoms with Gasteiger partial charge in [0.1, 0.15) is 0 Å². The molecule has 1 fully saturated rings. The van der Waals surface area contributed by atoms with E-state index in [0.717, 1.165) is 26.1 Å². The molecule has 1 saturated heterocycles. The number of amides is 1. The van der Waals surface area contributed by atoms with Gasteiger partial charge in [-0.25, -0.2) is 0 Å². The van der Waals surface area contributed by atoms with Crippen LogP contribution < -0.4 is 0 Å². The summed E-state index contributed by atoms with van der Waals surface area (Å²) in [5.41, 5.74) is 2.52. The predicted molar refractivity (Wildman–Crippen MR) is 98.8 cm³/mol. The molecular formula is C19H32N4O. The molecule has 1 heterocycles. The Hall–Kier alpha value is -1.43. The number of likely N-dealkylation sites (N-methyl/N-ethyl adjacent to an activating group) is 2. The molecule has 1 unspecified atom stereocenters. The second kappa shape index (κ2) is 8.60. The van der Waals surface area contributed by atoms with Crippen molar-refractivity contribution in [2.75, 3.05) is 54.9 Å². The Balaban J connectivity index is 1.90. The maximum Gasteiger partial charge on any atom is 0.236 e. The fraction of sp³-hybridized carbons (Fsp3) is 0.632. The first kappa shape index (κ1) is 18.9. The summed E-state index contributed by atoms with van der Waals surface area (Å²) in [5, 5.41) is 0. The molecule has 0 aliphatic carbocycles. The molecule has 1 amide bonds. The van der Waals surface area contributed by atoms with Gasteiger partial charge in [-0.15, -0.1) is 0 Å². The number of benzene rings is 1. The highest BCUT2D eigenvalue weighted by Crippen LogP contribution is 2.15. The summed E-state index contributed by atoms with van der Waals surface area (Å²) < 4.78 is 0. The Kier molecular flexibility index (Phi) is 6.78. The lowest BCUT2D eigenvalue weighted by Crippen LogP contribution is -2.39. The Morgan fingerprint density at radius 2 is 1.71 bits per heavy atom. The van der Waals surface area contributed by atoms with Crippen LogP contribution in [-0.4, -0.2) is 86.4 Å². The lowest BCUT2D eigenvalue weighted by atomic mass is 10.1. The first-order valence-electron chi connectivity index (χ1n) is 8.71. The van der Waals surface area contributed by atoms with Gasteiger partial charge in [0.2, 0.25) is 5.91 Å². The lowest BCUT2D eigenvalue weighted by molar-refractivity contribution is -0.131. The lowest BCUT2D eigenvalue weighted by Gasteiger charge is -2.24. The third kappa shape index (κ3) is 5.30. The maximum atomic E-state index is 12.6. The summed E-state index contributed by atoms with van der Waals surface area (Å²) in [4.78, 5) is 21.1. The number of nitrogens with zero attached hydrogens (tertiary/aromatic N) is 4. The molecule has 0 N–H and O–H groups in total. The molecule has 5 nitrogen and oxygen atoms in total. The molecule has 24 heavy (non-hydrogen) atoms. The van der Waals surface area contributed by atoms with Gasteiger partial charge in [-0.05, 0) is 45.7 Å². The van der Waals surface area contributed by atoms with E-state index in [1.54, 1.807) is 0 Å². The normalized spacial score (nSPS) is 18.5. The number of carbonyl (C=O) groups excluding carboxylic acids is 1. The summed E-state index contributed by atoms with van der Waals surface area (Å²) in [6.07, 6.45) is 1.15. The predicted octanol–water partition coefficient (Wildman–Crippen LogP) is 1.34. The van der Waals surface area contributed by atoms with Crippen LogP contribution in [0.3, 0.4) is 0 Å². The zero-order chi connectivity index (χ0) is 17.7. The van der Waals surface area contributed by atoms with Crippen molar-refractivity contribution >= 4 is 5.91 Å². The zero-order valence-electron chi connectivity index (χ0n) is 15.8. The quantitative estimate of drug-likeness (QED) is 0.754. The SMILES string of the molecule is CN(C)Cc1ccccc1CN(C)C(=O)CN1CCC(N(C)C)C1. The third-order valence-corrected chi connectivity index (χ3v) is 4.77. The van der Waals surface area contributed by atoms with Crippen LogP contribution in [0.15, 0.2) is 24.3 Å². The van der Waals surface area contributed by atoms with Crippen molar-refractivity contribution in [3.8, 4) is 0 Å². The number of likely N-dealkylation sites (tertiary alicyclic amines) is 1. The van der Waals surface area contributed by atoms with Gasteiger partial charge in [0.05, 0.1) is 6.54 Å². The van der Waals surface area contributed by atoms with Crippen molar-refractivity contribution in [1.29, 1.82) is 0 Å². The van der Waals surface area contributed by atoms with E-state index in [1.165, 1.54) is 11.1 Å². The standard InChI is InChI=1S/C19H32N4O/c1-20(2)12-16-8-6-7-9-17(16)13-22(5)19(24)15-23-11-10-18(14-23)21(3)4/h6-9,18H,10-15H2,1-5H3. The van der Waals surface area contributed by atoms with Crippen molar-refractivity contribution in [2.24, 2.45) is 0 Å². The first-order valence-corrected chi connectivity index (χ1v) is 8.71. The van der Waals surface area contributed by atoms with E-state index in [1.807, 2.05) is 11.9 Å². The van der Waals surface area contributed by atoms with Gasteiger partial charge in [0.15, 0.2) is 0 Å². The van der Waals surface area contributed by atoms with E-state index >= 15 is 0 Å². The van der Waals surface area contributed by atoms with E-state index in [9.17, 15) is 4.79 Å². The van der Waals surface area contributed by atoms with E-state index < -0.39 is 0 Å². The molecule has 1 aliphatic heterocycles. The smallest absolute Gasteiger partial charge is 0.236 e. The number of hydrogen-bond acceptors (Lipinski definition) is 4. The molecule has 134 valence electrons. The molecule has 0 bridgehead atoms. The molecule has 1 atom stereocenters. The molecule has 1 aromatic carbocycles. The fourth-order valence-electron chi connectivity index (χ4n) is 3.24. The second-order valence-corrected chi connectivity index (χ2v) is 7.40. The average Bonchev–Trinajstić information content (AvgIpc) is 2.97. The molecular weight excluding hydrogens is 300 g/mol. The Morgan fingerprint density at radius 3 is 2.25 bits per heavy atom. The Morgan fingerprint density at radius 1 is 1.08 bits per heavy atom. The minimum absolute atomic E-state index is 0.203. The summed E-state index contributed by atoms with van der Waals surface area (Å²) >= 11 is 0. The molecule has 0 saturated carbocycles. The summed E-state index contributed by atoms with van der Waals surface area (Å²) in [6, 6.07) is 8.96. The minimum atomic E-state index is 0.203. The van der Waals surface area contributed by atoms with Gasteiger partial charge in [-0.2, -0.15) is 0 Å². The highest BCUT2D eigenvalue weighted by molar-refractivity contribution is 5.78. The average molecular weight is 332 g/mol. The summed E-state index contributed by atoms with van der Waals surface area (Å²) in [7, 11) is 10.3. The van der Waals surface area contributed by atoms with Crippen molar-refractivity contribution in [2.45, 2.75) is 25.6 Å². The van der Waals surface area contributed by atoms with Crippen LogP contribution in [-0.2, 0) is 17.9 Å². The van der Waals surface area contributed by atoms with Gasteiger partial charge in [0.25, 0.3) is 0 Å². The van der Waals surface area contributed by atoms with E-state index in [2.05, 4.69) is 67.2 Å².